The van der Waals surface area contributed by atoms with E-state index in [2.05, 4.69) is 34.6 Å². The van der Waals surface area contributed by atoms with Crippen LogP contribution in [0.15, 0.2) is 59.6 Å². The number of guanidine groups is 1. The third-order valence-corrected chi connectivity index (χ3v) is 3.25. The molecule has 3 N–H and O–H groups in total. The molecule has 5 heteroatoms. The highest BCUT2D eigenvalue weighted by atomic mass is 127. The Morgan fingerprint density at radius 1 is 1.08 bits per heavy atom. The molecule has 0 aliphatic rings. The highest BCUT2D eigenvalue weighted by molar-refractivity contribution is 14.0. The predicted octanol–water partition coefficient (Wildman–Crippen LogP) is 4.45. The Bertz CT molecular complexity index is 612. The molecule has 0 atom stereocenters. The van der Waals surface area contributed by atoms with E-state index < -0.39 is 0 Å². The highest BCUT2D eigenvalue weighted by Crippen LogP contribution is 2.16. The van der Waals surface area contributed by atoms with Crippen molar-refractivity contribution in [2.45, 2.75) is 32.8 Å². The Morgan fingerprint density at radius 2 is 1.75 bits per heavy atom. The Labute approximate surface area is 161 Å². The monoisotopic (exact) mass is 439 g/mol. The molecule has 0 fully saturated rings. The van der Waals surface area contributed by atoms with E-state index in [1.807, 2.05) is 44.2 Å². The van der Waals surface area contributed by atoms with Gasteiger partial charge in [-0.2, -0.15) is 0 Å². The van der Waals surface area contributed by atoms with Gasteiger partial charge in [0.15, 0.2) is 5.96 Å². The minimum Gasteiger partial charge on any atom is -0.491 e. The minimum absolute atomic E-state index is 0. The predicted molar refractivity (Wildman–Crippen MR) is 112 cm³/mol. The number of anilines is 1. The second kappa shape index (κ2) is 10.9. The molecule has 0 saturated carbocycles. The normalized spacial score (nSPS) is 11.0. The van der Waals surface area contributed by atoms with Crippen LogP contribution in [0.2, 0.25) is 0 Å². The number of hydrogen-bond donors (Lipinski definition) is 2. The molecule has 0 radical (unpaired) electrons. The lowest BCUT2D eigenvalue weighted by Crippen LogP contribution is -2.22. The SMILES string of the molecule is CC(C)Oc1ccc(NC(N)=NCCCc2ccccc2)cc1.I. The van der Waals surface area contributed by atoms with Crippen molar-refractivity contribution in [2.75, 3.05) is 11.9 Å². The van der Waals surface area contributed by atoms with E-state index in [0.717, 1.165) is 24.3 Å². The number of aliphatic imine (C=N–C) groups is 1. The summed E-state index contributed by atoms with van der Waals surface area (Å²) in [4.78, 5) is 4.36. The molecular formula is C19H26IN3O. The zero-order valence-corrected chi connectivity index (χ0v) is 16.6. The molecule has 0 bridgehead atoms. The van der Waals surface area contributed by atoms with Gasteiger partial charge in [-0.25, -0.2) is 0 Å². The number of ether oxygens (including phenoxy) is 1. The van der Waals surface area contributed by atoms with Crippen LogP contribution in [0.4, 0.5) is 5.69 Å². The number of halogens is 1. The van der Waals surface area contributed by atoms with Gasteiger partial charge in [-0.1, -0.05) is 30.3 Å². The van der Waals surface area contributed by atoms with E-state index in [1.54, 1.807) is 0 Å². The standard InChI is InChI=1S/C19H25N3O.HI/c1-15(2)23-18-12-10-17(11-13-18)22-19(20)21-14-6-9-16-7-4-3-5-8-16;/h3-5,7-8,10-13,15H,6,9,14H2,1-2H3,(H3,20,21,22);1H. The number of nitrogens with two attached hydrogens (primary N) is 1. The maximum Gasteiger partial charge on any atom is 0.193 e. The molecule has 2 aromatic carbocycles. The average molecular weight is 439 g/mol. The minimum atomic E-state index is 0. The molecule has 0 aliphatic carbocycles. The summed E-state index contributed by atoms with van der Waals surface area (Å²) < 4.78 is 5.61. The molecule has 130 valence electrons. The molecule has 0 heterocycles. The van der Waals surface area contributed by atoms with Crippen molar-refractivity contribution in [1.82, 2.24) is 0 Å². The number of aryl methyl sites for hydroxylation is 1. The van der Waals surface area contributed by atoms with Gasteiger partial charge in [-0.15, -0.1) is 24.0 Å². The molecule has 0 aromatic heterocycles. The van der Waals surface area contributed by atoms with Crippen molar-refractivity contribution >= 4 is 35.6 Å². The smallest absolute Gasteiger partial charge is 0.193 e. The first kappa shape index (κ1) is 20.3. The molecule has 2 aromatic rings. The summed E-state index contributed by atoms with van der Waals surface area (Å²) in [6, 6.07) is 18.1. The molecule has 2 rings (SSSR count). The van der Waals surface area contributed by atoms with E-state index in [1.165, 1.54) is 5.56 Å². The van der Waals surface area contributed by atoms with Crippen molar-refractivity contribution in [3.63, 3.8) is 0 Å². The van der Waals surface area contributed by atoms with Gasteiger partial charge in [0.2, 0.25) is 0 Å². The third kappa shape index (κ3) is 7.68. The van der Waals surface area contributed by atoms with E-state index in [0.29, 0.717) is 12.5 Å². The van der Waals surface area contributed by atoms with E-state index in [-0.39, 0.29) is 30.1 Å². The fourth-order valence-electron chi connectivity index (χ4n) is 2.20. The number of rotatable bonds is 7. The maximum absolute atomic E-state index is 5.91. The van der Waals surface area contributed by atoms with Gasteiger partial charge in [-0.3, -0.25) is 4.99 Å². The van der Waals surface area contributed by atoms with E-state index in [4.69, 9.17) is 10.5 Å². The number of nitrogens with zero attached hydrogens (tertiary/aromatic N) is 1. The quantitative estimate of drug-likeness (QED) is 0.290. The highest BCUT2D eigenvalue weighted by Gasteiger charge is 1.99. The van der Waals surface area contributed by atoms with Gasteiger partial charge >= 0.3 is 0 Å². The van der Waals surface area contributed by atoms with Crippen LogP contribution in [-0.2, 0) is 6.42 Å². The van der Waals surface area contributed by atoms with Crippen LogP contribution < -0.4 is 15.8 Å². The molecule has 0 aliphatic heterocycles. The number of hydrogen-bond acceptors (Lipinski definition) is 2. The number of nitrogens with one attached hydrogen (secondary N) is 1. The van der Waals surface area contributed by atoms with Crippen LogP contribution in [0.5, 0.6) is 5.75 Å². The topological polar surface area (TPSA) is 59.6 Å². The van der Waals surface area contributed by atoms with Crippen molar-refractivity contribution in [3.8, 4) is 5.75 Å². The van der Waals surface area contributed by atoms with Gasteiger partial charge in [0, 0.05) is 12.2 Å². The first-order valence-corrected chi connectivity index (χ1v) is 8.01. The molecule has 0 amide bonds. The Balaban J connectivity index is 0.00000288. The largest absolute Gasteiger partial charge is 0.491 e. The van der Waals surface area contributed by atoms with Crippen molar-refractivity contribution < 1.29 is 4.74 Å². The fraction of sp³-hybridized carbons (Fsp3) is 0.316. The van der Waals surface area contributed by atoms with Crippen LogP contribution in [0.25, 0.3) is 0 Å². The Hall–Kier alpha value is -1.76. The van der Waals surface area contributed by atoms with E-state index in [9.17, 15) is 0 Å². The molecule has 0 saturated heterocycles. The van der Waals surface area contributed by atoms with Crippen LogP contribution in [-0.4, -0.2) is 18.6 Å². The molecule has 4 nitrogen and oxygen atoms in total. The molecule has 0 unspecified atom stereocenters. The van der Waals surface area contributed by atoms with Crippen LogP contribution in [0.3, 0.4) is 0 Å². The van der Waals surface area contributed by atoms with E-state index >= 15 is 0 Å². The summed E-state index contributed by atoms with van der Waals surface area (Å²) in [5, 5.41) is 3.09. The summed E-state index contributed by atoms with van der Waals surface area (Å²) >= 11 is 0. The van der Waals surface area contributed by atoms with Gasteiger partial charge < -0.3 is 15.8 Å². The first-order valence-electron chi connectivity index (χ1n) is 8.01. The number of benzene rings is 2. The maximum atomic E-state index is 5.91. The lowest BCUT2D eigenvalue weighted by atomic mass is 10.1. The van der Waals surface area contributed by atoms with Crippen molar-refractivity contribution in [2.24, 2.45) is 10.7 Å². The summed E-state index contributed by atoms with van der Waals surface area (Å²) in [5.74, 6) is 1.29. The van der Waals surface area contributed by atoms with Gasteiger partial charge in [-0.05, 0) is 56.5 Å². The van der Waals surface area contributed by atoms with Gasteiger partial charge in [0.1, 0.15) is 5.75 Å². The zero-order valence-electron chi connectivity index (χ0n) is 14.2. The first-order chi connectivity index (χ1) is 11.1. The molecule has 24 heavy (non-hydrogen) atoms. The zero-order chi connectivity index (χ0) is 16.5. The van der Waals surface area contributed by atoms with Crippen molar-refractivity contribution in [3.05, 3.63) is 60.2 Å². The lowest BCUT2D eigenvalue weighted by molar-refractivity contribution is 0.242. The fourth-order valence-corrected chi connectivity index (χ4v) is 2.20. The van der Waals surface area contributed by atoms with Crippen LogP contribution in [0, 0.1) is 0 Å². The third-order valence-electron chi connectivity index (χ3n) is 3.25. The second-order valence-electron chi connectivity index (χ2n) is 5.67. The summed E-state index contributed by atoms with van der Waals surface area (Å²) in [6.07, 6.45) is 2.16. The Kier molecular flexibility index (Phi) is 9.22. The van der Waals surface area contributed by atoms with Crippen molar-refractivity contribution in [1.29, 1.82) is 0 Å². The Morgan fingerprint density at radius 3 is 2.38 bits per heavy atom. The summed E-state index contributed by atoms with van der Waals surface area (Å²) in [6.45, 7) is 4.72. The van der Waals surface area contributed by atoms with Gasteiger partial charge in [0.05, 0.1) is 6.10 Å². The second-order valence-corrected chi connectivity index (χ2v) is 5.67. The van der Waals surface area contributed by atoms with Crippen LogP contribution in [0.1, 0.15) is 25.8 Å². The average Bonchev–Trinajstić information content (AvgIpc) is 2.54. The van der Waals surface area contributed by atoms with Crippen LogP contribution >= 0.6 is 24.0 Å². The summed E-state index contributed by atoms with van der Waals surface area (Å²) in [5.41, 5.74) is 8.15. The molecule has 0 spiro atoms. The summed E-state index contributed by atoms with van der Waals surface area (Å²) in [7, 11) is 0. The van der Waals surface area contributed by atoms with Gasteiger partial charge in [0.25, 0.3) is 0 Å². The lowest BCUT2D eigenvalue weighted by Gasteiger charge is -2.11. The molecular weight excluding hydrogens is 413 g/mol.